The van der Waals surface area contributed by atoms with Crippen molar-refractivity contribution in [3.63, 3.8) is 0 Å². The summed E-state index contributed by atoms with van der Waals surface area (Å²) < 4.78 is 0. The molecule has 0 amide bonds. The van der Waals surface area contributed by atoms with Crippen LogP contribution in [0.25, 0.3) is 10.8 Å². The molecule has 1 N–H and O–H groups in total. The highest BCUT2D eigenvalue weighted by atomic mass is 32.1. The average Bonchev–Trinajstić information content (AvgIpc) is 2.89. The van der Waals surface area contributed by atoms with E-state index in [1.807, 2.05) is 7.05 Å². The van der Waals surface area contributed by atoms with Crippen LogP contribution >= 0.6 is 11.3 Å². The van der Waals surface area contributed by atoms with Gasteiger partial charge in [0, 0.05) is 17.8 Å². The Bertz CT molecular complexity index is 712. The van der Waals surface area contributed by atoms with Crippen molar-refractivity contribution in [2.75, 3.05) is 7.05 Å². The first-order valence-electron chi connectivity index (χ1n) is 6.84. The van der Waals surface area contributed by atoms with Gasteiger partial charge < -0.3 is 5.32 Å². The largest absolute Gasteiger partial charge is 0.313 e. The predicted octanol–water partition coefficient (Wildman–Crippen LogP) is 4.11. The number of aryl methyl sites for hydroxylation is 1. The van der Waals surface area contributed by atoms with E-state index in [0.29, 0.717) is 6.04 Å². The Hall–Kier alpha value is -1.71. The molecule has 0 radical (unpaired) electrons. The predicted molar refractivity (Wildman–Crippen MR) is 86.3 cm³/mol. The molecule has 0 saturated carbocycles. The minimum absolute atomic E-state index is 0.294. The normalized spacial score (nSPS) is 12.7. The fraction of sp³-hybridized carbons (Fsp3) is 0.235. The van der Waals surface area contributed by atoms with E-state index in [0.717, 1.165) is 11.4 Å². The number of hydrogen-bond donors (Lipinski definition) is 1. The van der Waals surface area contributed by atoms with Crippen LogP contribution in [0, 0.1) is 6.92 Å². The maximum Gasteiger partial charge on any atom is 0.0897 e. The minimum atomic E-state index is 0.294. The van der Waals surface area contributed by atoms with Crippen molar-refractivity contribution >= 4 is 22.1 Å². The van der Waals surface area contributed by atoms with E-state index in [-0.39, 0.29) is 0 Å². The monoisotopic (exact) mass is 282 g/mol. The molecule has 1 heterocycles. The third-order valence-electron chi connectivity index (χ3n) is 3.63. The summed E-state index contributed by atoms with van der Waals surface area (Å²) in [6, 6.07) is 15.4. The maximum atomic E-state index is 4.58. The summed E-state index contributed by atoms with van der Waals surface area (Å²) >= 11 is 1.72. The fourth-order valence-corrected chi connectivity index (χ4v) is 3.26. The van der Waals surface area contributed by atoms with E-state index in [1.165, 1.54) is 22.0 Å². The summed E-state index contributed by atoms with van der Waals surface area (Å²) in [4.78, 5) is 4.58. The highest BCUT2D eigenvalue weighted by molar-refractivity contribution is 7.09. The molecular weight excluding hydrogens is 264 g/mol. The first kappa shape index (κ1) is 13.3. The molecule has 0 spiro atoms. The Morgan fingerprint density at radius 3 is 2.70 bits per heavy atom. The molecule has 20 heavy (non-hydrogen) atoms. The maximum absolute atomic E-state index is 4.58. The van der Waals surface area contributed by atoms with Crippen molar-refractivity contribution in [1.29, 1.82) is 0 Å². The van der Waals surface area contributed by atoms with Gasteiger partial charge >= 0.3 is 0 Å². The summed E-state index contributed by atoms with van der Waals surface area (Å²) in [6.07, 6.45) is 0.925. The Kier molecular flexibility index (Phi) is 3.81. The minimum Gasteiger partial charge on any atom is -0.313 e. The SMILES string of the molecule is CNC(Cc1csc(C)n1)c1cccc2ccccc12. The zero-order valence-electron chi connectivity index (χ0n) is 11.8. The molecule has 102 valence electrons. The van der Waals surface area contributed by atoms with Crippen LogP contribution in [0.1, 0.15) is 22.3 Å². The zero-order valence-corrected chi connectivity index (χ0v) is 12.6. The van der Waals surface area contributed by atoms with Gasteiger partial charge in [0.1, 0.15) is 0 Å². The Balaban J connectivity index is 1.98. The van der Waals surface area contributed by atoms with Crippen molar-refractivity contribution in [1.82, 2.24) is 10.3 Å². The topological polar surface area (TPSA) is 24.9 Å². The van der Waals surface area contributed by atoms with Crippen molar-refractivity contribution in [3.05, 3.63) is 64.1 Å². The molecule has 3 heteroatoms. The Morgan fingerprint density at radius 1 is 1.15 bits per heavy atom. The third kappa shape index (κ3) is 2.60. The van der Waals surface area contributed by atoms with E-state index < -0.39 is 0 Å². The van der Waals surface area contributed by atoms with Crippen LogP contribution in [0.4, 0.5) is 0 Å². The lowest BCUT2D eigenvalue weighted by Crippen LogP contribution is -2.19. The lowest BCUT2D eigenvalue weighted by molar-refractivity contribution is 0.589. The number of thiazole rings is 1. The highest BCUT2D eigenvalue weighted by Crippen LogP contribution is 2.26. The summed E-state index contributed by atoms with van der Waals surface area (Å²) in [5.74, 6) is 0. The second-order valence-corrected chi connectivity index (χ2v) is 6.03. The molecular formula is C17H18N2S. The smallest absolute Gasteiger partial charge is 0.0897 e. The fourth-order valence-electron chi connectivity index (χ4n) is 2.63. The summed E-state index contributed by atoms with van der Waals surface area (Å²) in [7, 11) is 2.02. The van der Waals surface area contributed by atoms with Crippen molar-refractivity contribution < 1.29 is 0 Å². The second kappa shape index (κ2) is 5.73. The molecule has 1 atom stereocenters. The van der Waals surface area contributed by atoms with Crippen LogP contribution in [-0.4, -0.2) is 12.0 Å². The van der Waals surface area contributed by atoms with Crippen LogP contribution in [0.5, 0.6) is 0 Å². The number of nitrogens with zero attached hydrogens (tertiary/aromatic N) is 1. The van der Waals surface area contributed by atoms with Gasteiger partial charge in [-0.15, -0.1) is 11.3 Å². The van der Waals surface area contributed by atoms with Crippen molar-refractivity contribution in [3.8, 4) is 0 Å². The number of benzene rings is 2. The van der Waals surface area contributed by atoms with Crippen LogP contribution in [0.2, 0.25) is 0 Å². The molecule has 0 aliphatic carbocycles. The Labute approximate surface area is 123 Å². The van der Waals surface area contributed by atoms with Gasteiger partial charge in [0.25, 0.3) is 0 Å². The van der Waals surface area contributed by atoms with Crippen LogP contribution < -0.4 is 5.32 Å². The van der Waals surface area contributed by atoms with Gasteiger partial charge in [-0.1, -0.05) is 42.5 Å². The number of nitrogens with one attached hydrogen (secondary N) is 1. The number of fused-ring (bicyclic) bond motifs is 1. The second-order valence-electron chi connectivity index (χ2n) is 4.97. The van der Waals surface area contributed by atoms with Crippen molar-refractivity contribution in [2.45, 2.75) is 19.4 Å². The molecule has 0 fully saturated rings. The lowest BCUT2D eigenvalue weighted by atomic mass is 9.96. The molecule has 1 unspecified atom stereocenters. The molecule has 0 aliphatic rings. The molecule has 3 aromatic rings. The molecule has 3 rings (SSSR count). The zero-order chi connectivity index (χ0) is 13.9. The van der Waals surface area contributed by atoms with Crippen LogP contribution in [-0.2, 0) is 6.42 Å². The molecule has 2 nitrogen and oxygen atoms in total. The first-order valence-corrected chi connectivity index (χ1v) is 7.72. The number of rotatable bonds is 4. The van der Waals surface area contributed by atoms with E-state index in [9.17, 15) is 0 Å². The van der Waals surface area contributed by atoms with Gasteiger partial charge in [-0.05, 0) is 30.3 Å². The van der Waals surface area contributed by atoms with Gasteiger partial charge in [0.05, 0.1) is 10.7 Å². The lowest BCUT2D eigenvalue weighted by Gasteiger charge is -2.18. The summed E-state index contributed by atoms with van der Waals surface area (Å²) in [5.41, 5.74) is 2.51. The van der Waals surface area contributed by atoms with E-state index in [4.69, 9.17) is 0 Å². The number of hydrogen-bond acceptors (Lipinski definition) is 3. The van der Waals surface area contributed by atoms with Crippen LogP contribution in [0.3, 0.4) is 0 Å². The van der Waals surface area contributed by atoms with Gasteiger partial charge in [-0.2, -0.15) is 0 Å². The molecule has 0 saturated heterocycles. The quantitative estimate of drug-likeness (QED) is 0.779. The molecule has 2 aromatic carbocycles. The number of likely N-dealkylation sites (N-methyl/N-ethyl adjacent to an activating group) is 1. The van der Waals surface area contributed by atoms with E-state index >= 15 is 0 Å². The van der Waals surface area contributed by atoms with Gasteiger partial charge in [-0.3, -0.25) is 0 Å². The van der Waals surface area contributed by atoms with Crippen LogP contribution in [0.15, 0.2) is 47.8 Å². The first-order chi connectivity index (χ1) is 9.78. The summed E-state index contributed by atoms with van der Waals surface area (Å²) in [5, 5.41) is 9.33. The average molecular weight is 282 g/mol. The summed E-state index contributed by atoms with van der Waals surface area (Å²) in [6.45, 7) is 2.06. The third-order valence-corrected chi connectivity index (χ3v) is 4.45. The molecule has 1 aromatic heterocycles. The number of aromatic nitrogens is 1. The van der Waals surface area contributed by atoms with E-state index in [1.54, 1.807) is 11.3 Å². The molecule has 0 aliphatic heterocycles. The van der Waals surface area contributed by atoms with Crippen molar-refractivity contribution in [2.24, 2.45) is 0 Å². The van der Waals surface area contributed by atoms with Gasteiger partial charge in [0.2, 0.25) is 0 Å². The highest BCUT2D eigenvalue weighted by Gasteiger charge is 2.14. The Morgan fingerprint density at radius 2 is 1.95 bits per heavy atom. The van der Waals surface area contributed by atoms with E-state index in [2.05, 4.69) is 65.1 Å². The standard InChI is InChI=1S/C17H18N2S/c1-12-19-14(11-20-12)10-17(18-2)16-9-5-7-13-6-3-4-8-15(13)16/h3-9,11,17-18H,10H2,1-2H3. The van der Waals surface area contributed by atoms with Gasteiger partial charge in [0.15, 0.2) is 0 Å². The molecule has 0 bridgehead atoms. The van der Waals surface area contributed by atoms with Gasteiger partial charge in [-0.25, -0.2) is 4.98 Å².